The molecule has 0 saturated heterocycles. The second-order valence-corrected chi connectivity index (χ2v) is 12.1. The Labute approximate surface area is 317 Å². The lowest BCUT2D eigenvalue weighted by molar-refractivity contribution is 1.25. The van der Waals surface area contributed by atoms with E-state index < -0.39 is 0 Å². The maximum Gasteiger partial charge on any atom is 0.0547 e. The fraction of sp³-hybridized carbons (Fsp3) is 0.140. The van der Waals surface area contributed by atoms with E-state index >= 15 is 0 Å². The average molecular weight is 698 g/mol. The summed E-state index contributed by atoms with van der Waals surface area (Å²) in [5.41, 5.74) is 21.9. The van der Waals surface area contributed by atoms with Crippen LogP contribution in [0.1, 0.15) is 45.7 Å². The molecule has 53 heavy (non-hydrogen) atoms. The molecule has 3 nitrogen and oxygen atoms in total. The molecule has 6 aromatic carbocycles. The Balaban J connectivity index is 0.000000680. The van der Waals surface area contributed by atoms with Crippen molar-refractivity contribution in [2.75, 3.05) is 7.05 Å². The lowest BCUT2D eigenvalue weighted by Gasteiger charge is -2.18. The van der Waals surface area contributed by atoms with Gasteiger partial charge in [0, 0.05) is 7.05 Å². The number of nitrogens with two attached hydrogens (primary N) is 2. The first-order chi connectivity index (χ1) is 25.8. The number of fused-ring (bicyclic) bond motifs is 3. The highest BCUT2D eigenvalue weighted by Gasteiger charge is 2.17. The highest BCUT2D eigenvalue weighted by atomic mass is 14.7. The molecule has 0 bridgehead atoms. The molecule has 0 aromatic heterocycles. The predicted molar refractivity (Wildman–Crippen MR) is 239 cm³/mol. The molecule has 4 N–H and O–H groups in total. The van der Waals surface area contributed by atoms with Gasteiger partial charge in [0.05, 0.1) is 11.4 Å². The number of aryl methyl sites for hydroxylation is 1. The molecular formula is C50H55N3. The van der Waals surface area contributed by atoms with Crippen LogP contribution < -0.4 is 11.5 Å². The fourth-order valence-electron chi connectivity index (χ4n) is 5.90. The Kier molecular flexibility index (Phi) is 16.5. The van der Waals surface area contributed by atoms with Crippen LogP contribution in [-0.2, 0) is 0 Å². The SMILES string of the molecule is C=CC=C.CC.CC=NC.C\C=C/C=C(N)/C(N)=C/C=C(\C)c1cccc(-c2c3ccccc3c(-c3ccc4ccc(C)cc4c3)c3ccccc23)c1. The number of hydrogen-bond donors (Lipinski definition) is 2. The number of allylic oxidation sites excluding steroid dienone is 8. The summed E-state index contributed by atoms with van der Waals surface area (Å²) in [6.07, 6.45) is 14.6. The third kappa shape index (κ3) is 10.7. The molecule has 0 fully saturated rings. The summed E-state index contributed by atoms with van der Waals surface area (Å²) < 4.78 is 0. The van der Waals surface area contributed by atoms with E-state index in [4.69, 9.17) is 11.5 Å². The summed E-state index contributed by atoms with van der Waals surface area (Å²) in [6, 6.07) is 39.9. The number of nitrogens with zero attached hydrogens (tertiary/aromatic N) is 1. The zero-order valence-corrected chi connectivity index (χ0v) is 32.5. The Bertz CT molecular complexity index is 2240. The van der Waals surface area contributed by atoms with Gasteiger partial charge in [0.15, 0.2) is 0 Å². The normalized spacial score (nSPS) is 11.8. The largest absolute Gasteiger partial charge is 0.397 e. The molecule has 270 valence electrons. The first-order valence-corrected chi connectivity index (χ1v) is 18.2. The minimum atomic E-state index is 0.546. The Hall–Kier alpha value is -6.19. The topological polar surface area (TPSA) is 64.4 Å². The zero-order chi connectivity index (χ0) is 38.8. The van der Waals surface area contributed by atoms with Crippen LogP contribution in [0.3, 0.4) is 0 Å². The monoisotopic (exact) mass is 697 g/mol. The van der Waals surface area contributed by atoms with Crippen molar-refractivity contribution >= 4 is 44.1 Å². The molecule has 0 radical (unpaired) electrons. The average Bonchev–Trinajstić information content (AvgIpc) is 3.21. The third-order valence-corrected chi connectivity index (χ3v) is 8.56. The van der Waals surface area contributed by atoms with Gasteiger partial charge in [-0.15, -0.1) is 0 Å². The zero-order valence-electron chi connectivity index (χ0n) is 32.5. The number of aliphatic imine (C=N–C) groups is 1. The quantitative estimate of drug-likeness (QED) is 0.0991. The fourth-order valence-corrected chi connectivity index (χ4v) is 5.90. The minimum absolute atomic E-state index is 0.546. The van der Waals surface area contributed by atoms with Crippen LogP contribution in [0.2, 0.25) is 0 Å². The molecule has 0 spiro atoms. The third-order valence-electron chi connectivity index (χ3n) is 8.56. The summed E-state index contributed by atoms with van der Waals surface area (Å²) in [5, 5.41) is 7.50. The summed E-state index contributed by atoms with van der Waals surface area (Å²) in [4.78, 5) is 3.61. The maximum atomic E-state index is 6.22. The molecule has 0 unspecified atom stereocenters. The van der Waals surface area contributed by atoms with Crippen LogP contribution in [-0.4, -0.2) is 13.3 Å². The highest BCUT2D eigenvalue weighted by Crippen LogP contribution is 2.44. The van der Waals surface area contributed by atoms with Crippen LogP contribution >= 0.6 is 0 Å². The molecule has 3 heteroatoms. The highest BCUT2D eigenvalue weighted by molar-refractivity contribution is 6.21. The molecule has 0 saturated carbocycles. The van der Waals surface area contributed by atoms with Gasteiger partial charge < -0.3 is 16.5 Å². The second-order valence-electron chi connectivity index (χ2n) is 12.1. The number of rotatable bonds is 7. The van der Waals surface area contributed by atoms with E-state index in [1.165, 1.54) is 60.1 Å². The van der Waals surface area contributed by atoms with Crippen LogP contribution in [0.4, 0.5) is 0 Å². The van der Waals surface area contributed by atoms with Gasteiger partial charge in [0.2, 0.25) is 0 Å². The number of benzene rings is 6. The standard InChI is InChI=1S/C41H36N2.C4H6.C3H7N.C2H6/c1-4-5-17-38(42)39(43)23-19-28(3)30-11-10-12-31(25-30)40-34-13-6-8-15-36(34)41(37-16-9-7-14-35(37)40)32-22-21-29-20-18-27(2)24-33(29)26-32;2*1-3-4-2;1-2/h4-26H,42-43H2,1-3H3;3-4H,1-2H2;3H,1-2H3;1-2H3/b5-4-,28-19+,38-17-,39-23-;;;. The van der Waals surface area contributed by atoms with Gasteiger partial charge in [-0.2, -0.15) is 0 Å². The molecule has 0 aliphatic heterocycles. The van der Waals surface area contributed by atoms with Crippen molar-refractivity contribution in [2.24, 2.45) is 16.5 Å². The number of hydrogen-bond acceptors (Lipinski definition) is 3. The first-order valence-electron chi connectivity index (χ1n) is 18.2. The van der Waals surface area contributed by atoms with E-state index in [0.29, 0.717) is 11.4 Å². The van der Waals surface area contributed by atoms with Crippen molar-refractivity contribution in [3.05, 3.63) is 187 Å². The van der Waals surface area contributed by atoms with Gasteiger partial charge in [-0.05, 0) is 124 Å². The maximum absolute atomic E-state index is 6.22. The van der Waals surface area contributed by atoms with Crippen LogP contribution in [0.15, 0.2) is 181 Å². The molecule has 0 heterocycles. The molecule has 0 aliphatic carbocycles. The van der Waals surface area contributed by atoms with Crippen molar-refractivity contribution in [3.63, 3.8) is 0 Å². The Morgan fingerprint density at radius 3 is 1.62 bits per heavy atom. The molecular weight excluding hydrogens is 643 g/mol. The van der Waals surface area contributed by atoms with E-state index in [2.05, 4.69) is 141 Å². The summed E-state index contributed by atoms with van der Waals surface area (Å²) in [6.45, 7) is 18.8. The van der Waals surface area contributed by atoms with E-state index in [1.54, 1.807) is 25.4 Å². The lowest BCUT2D eigenvalue weighted by Crippen LogP contribution is -2.08. The summed E-state index contributed by atoms with van der Waals surface area (Å²) >= 11 is 0. The molecule has 0 aliphatic rings. The minimum Gasteiger partial charge on any atom is -0.397 e. The van der Waals surface area contributed by atoms with Gasteiger partial charge in [0.25, 0.3) is 0 Å². The van der Waals surface area contributed by atoms with Crippen molar-refractivity contribution in [3.8, 4) is 22.3 Å². The van der Waals surface area contributed by atoms with Gasteiger partial charge in [-0.1, -0.05) is 160 Å². The predicted octanol–water partition coefficient (Wildman–Crippen LogP) is 13.5. The van der Waals surface area contributed by atoms with E-state index in [0.717, 1.165) is 11.1 Å². The first kappa shape index (κ1) is 41.2. The van der Waals surface area contributed by atoms with Gasteiger partial charge in [-0.3, -0.25) is 0 Å². The summed E-state index contributed by atoms with van der Waals surface area (Å²) in [5.74, 6) is 0. The van der Waals surface area contributed by atoms with Gasteiger partial charge >= 0.3 is 0 Å². The van der Waals surface area contributed by atoms with Crippen LogP contribution in [0, 0.1) is 6.92 Å². The molecule has 0 atom stereocenters. The van der Waals surface area contributed by atoms with Crippen LogP contribution in [0.25, 0.3) is 60.1 Å². The van der Waals surface area contributed by atoms with Crippen LogP contribution in [0.5, 0.6) is 0 Å². The van der Waals surface area contributed by atoms with Crippen molar-refractivity contribution in [1.82, 2.24) is 0 Å². The molecule has 6 rings (SSSR count). The van der Waals surface area contributed by atoms with Gasteiger partial charge in [-0.25, -0.2) is 0 Å². The van der Waals surface area contributed by atoms with E-state index in [-0.39, 0.29) is 0 Å². The molecule has 6 aromatic rings. The smallest absolute Gasteiger partial charge is 0.0547 e. The Morgan fingerprint density at radius 2 is 1.11 bits per heavy atom. The summed E-state index contributed by atoms with van der Waals surface area (Å²) in [7, 11) is 1.75. The lowest BCUT2D eigenvalue weighted by atomic mass is 9.85. The van der Waals surface area contributed by atoms with Crippen molar-refractivity contribution in [2.45, 2.75) is 41.5 Å². The van der Waals surface area contributed by atoms with Gasteiger partial charge in [0.1, 0.15) is 0 Å². The van der Waals surface area contributed by atoms with E-state index in [9.17, 15) is 0 Å². The Morgan fingerprint density at radius 1 is 0.604 bits per heavy atom. The van der Waals surface area contributed by atoms with Crippen molar-refractivity contribution < 1.29 is 0 Å². The molecule has 0 amide bonds. The van der Waals surface area contributed by atoms with Crippen molar-refractivity contribution in [1.29, 1.82) is 0 Å². The second kappa shape index (κ2) is 21.2. The van der Waals surface area contributed by atoms with E-state index in [1.807, 2.05) is 58.1 Å².